The molecule has 10 nitrogen and oxygen atoms in total. The van der Waals surface area contributed by atoms with Gasteiger partial charge < -0.3 is 19.5 Å². The fourth-order valence-electron chi connectivity index (χ4n) is 6.81. The summed E-state index contributed by atoms with van der Waals surface area (Å²) < 4.78 is 2.26. The van der Waals surface area contributed by atoms with Gasteiger partial charge in [0, 0.05) is 63.5 Å². The van der Waals surface area contributed by atoms with Crippen LogP contribution >= 0.6 is 0 Å². The van der Waals surface area contributed by atoms with E-state index >= 15 is 0 Å². The van der Waals surface area contributed by atoms with Crippen LogP contribution in [0.2, 0.25) is 0 Å². The van der Waals surface area contributed by atoms with Crippen molar-refractivity contribution < 1.29 is 5.11 Å². The van der Waals surface area contributed by atoms with Gasteiger partial charge in [0.05, 0.1) is 12.2 Å². The lowest BCUT2D eigenvalue weighted by Gasteiger charge is -2.49. The summed E-state index contributed by atoms with van der Waals surface area (Å²) in [7, 11) is 0. The molecule has 194 valence electrons. The number of hydrogen-bond acceptors (Lipinski definition) is 9. The number of aliphatic hydroxyl groups is 1. The first-order valence-electron chi connectivity index (χ1n) is 14.0. The minimum absolute atomic E-state index is 0.340. The molecule has 0 radical (unpaired) electrons. The first kappa shape index (κ1) is 22.9. The summed E-state index contributed by atoms with van der Waals surface area (Å²) in [6.07, 6.45) is 6.93. The van der Waals surface area contributed by atoms with Crippen LogP contribution in [0.1, 0.15) is 48.6 Å². The normalized spacial score (nSPS) is 24.4. The van der Waals surface area contributed by atoms with E-state index in [1.807, 2.05) is 6.92 Å². The monoisotopic (exact) mass is 493 g/mol. The molecule has 3 fully saturated rings. The van der Waals surface area contributed by atoms with Crippen LogP contribution < -0.4 is 9.80 Å². The minimum atomic E-state index is 0.340. The van der Waals surface area contributed by atoms with E-state index in [0.717, 1.165) is 102 Å². The van der Waals surface area contributed by atoms with Crippen LogP contribution in [0.25, 0.3) is 0 Å². The molecule has 1 N–H and O–H groups in total. The molecule has 0 spiro atoms. The highest BCUT2D eigenvalue weighted by atomic mass is 16.3. The van der Waals surface area contributed by atoms with Crippen molar-refractivity contribution in [1.29, 1.82) is 0 Å². The number of likely N-dealkylation sites (tertiary alicyclic amines) is 1. The molecular weight excluding hydrogens is 454 g/mol. The van der Waals surface area contributed by atoms with Gasteiger partial charge in [0.1, 0.15) is 17.5 Å². The first-order chi connectivity index (χ1) is 17.7. The van der Waals surface area contributed by atoms with Crippen molar-refractivity contribution >= 4 is 11.8 Å². The lowest BCUT2D eigenvalue weighted by Crippen LogP contribution is -2.62. The Hall–Kier alpha value is -2.30. The van der Waals surface area contributed by atoms with Crippen molar-refractivity contribution in [1.82, 2.24) is 34.5 Å². The van der Waals surface area contributed by atoms with E-state index in [0.29, 0.717) is 24.6 Å². The highest BCUT2D eigenvalue weighted by molar-refractivity contribution is 5.57. The van der Waals surface area contributed by atoms with Crippen LogP contribution in [-0.2, 0) is 25.9 Å². The number of piperidine rings is 1. The van der Waals surface area contributed by atoms with Crippen molar-refractivity contribution in [2.75, 3.05) is 62.2 Å². The zero-order valence-corrected chi connectivity index (χ0v) is 21.5. The highest BCUT2D eigenvalue weighted by Crippen LogP contribution is 2.35. The molecule has 0 atom stereocenters. The van der Waals surface area contributed by atoms with E-state index in [-0.39, 0.29) is 0 Å². The van der Waals surface area contributed by atoms with Gasteiger partial charge in [0.25, 0.3) is 0 Å². The molecule has 2 aromatic rings. The molecule has 0 saturated carbocycles. The Kier molecular flexibility index (Phi) is 5.86. The van der Waals surface area contributed by atoms with Gasteiger partial charge >= 0.3 is 0 Å². The van der Waals surface area contributed by atoms with Gasteiger partial charge in [-0.2, -0.15) is 4.98 Å². The van der Waals surface area contributed by atoms with Crippen molar-refractivity contribution in [2.24, 2.45) is 5.92 Å². The Labute approximate surface area is 213 Å². The number of aliphatic hydroxyl groups excluding tert-OH is 1. The molecule has 4 aliphatic heterocycles. The Bertz CT molecular complexity index is 1100. The third-order valence-electron chi connectivity index (χ3n) is 9.36. The van der Waals surface area contributed by atoms with Gasteiger partial charge in [0.15, 0.2) is 0 Å². The maximum absolute atomic E-state index is 9.44. The van der Waals surface area contributed by atoms with E-state index < -0.39 is 0 Å². The zero-order valence-electron chi connectivity index (χ0n) is 21.5. The summed E-state index contributed by atoms with van der Waals surface area (Å²) in [6, 6.07) is 1.16. The van der Waals surface area contributed by atoms with E-state index in [1.165, 1.54) is 29.9 Å². The Morgan fingerprint density at radius 1 is 0.833 bits per heavy atom. The maximum Gasteiger partial charge on any atom is 0.227 e. The molecule has 0 amide bonds. The van der Waals surface area contributed by atoms with E-state index in [2.05, 4.69) is 34.4 Å². The summed E-state index contributed by atoms with van der Waals surface area (Å²) >= 11 is 0. The lowest BCUT2D eigenvalue weighted by atomic mass is 9.94. The summed E-state index contributed by atoms with van der Waals surface area (Å²) in [6.45, 7) is 11.7. The lowest BCUT2D eigenvalue weighted by molar-refractivity contribution is 0.0875. The second-order valence-electron chi connectivity index (χ2n) is 11.5. The predicted octanol–water partition coefficient (Wildman–Crippen LogP) is 0.853. The molecule has 0 bridgehead atoms. The van der Waals surface area contributed by atoms with Crippen molar-refractivity contribution in [3.8, 4) is 0 Å². The molecule has 6 heterocycles. The Morgan fingerprint density at radius 2 is 1.58 bits per heavy atom. The number of aromatic nitrogens is 5. The van der Waals surface area contributed by atoms with Crippen LogP contribution in [0.15, 0.2) is 0 Å². The van der Waals surface area contributed by atoms with Gasteiger partial charge in [-0.1, -0.05) is 0 Å². The van der Waals surface area contributed by atoms with Crippen LogP contribution in [0.4, 0.5) is 11.8 Å². The molecular formula is C26H39N9O. The number of fused-ring (bicyclic) bond motifs is 2. The number of anilines is 2. The molecule has 36 heavy (non-hydrogen) atoms. The van der Waals surface area contributed by atoms with E-state index in [9.17, 15) is 5.11 Å². The molecule has 2 aromatic heterocycles. The molecule has 1 aliphatic carbocycles. The number of rotatable bonds is 5. The third kappa shape index (κ3) is 3.97. The number of hydrogen-bond donors (Lipinski definition) is 1. The topological polar surface area (TPSA) is 89.7 Å². The van der Waals surface area contributed by atoms with Gasteiger partial charge in [0.2, 0.25) is 5.95 Å². The SMILES string of the molecule is Cc1nnc2n1CCN(C1CN(c3nc(N4CC(N5CCC(CO)CC5)C4)nc4c3CCCC4)C1)C2. The zero-order chi connectivity index (χ0) is 24.2. The molecule has 0 aromatic carbocycles. The van der Waals surface area contributed by atoms with Crippen LogP contribution in [0, 0.1) is 12.8 Å². The van der Waals surface area contributed by atoms with Gasteiger partial charge in [-0.05, 0) is 64.5 Å². The molecule has 5 aliphatic rings. The third-order valence-corrected chi connectivity index (χ3v) is 9.36. The van der Waals surface area contributed by atoms with Crippen molar-refractivity contribution in [3.05, 3.63) is 22.9 Å². The minimum Gasteiger partial charge on any atom is -0.396 e. The highest BCUT2D eigenvalue weighted by Gasteiger charge is 2.39. The van der Waals surface area contributed by atoms with Gasteiger partial charge in [-0.3, -0.25) is 9.80 Å². The van der Waals surface area contributed by atoms with Crippen LogP contribution in [0.3, 0.4) is 0 Å². The van der Waals surface area contributed by atoms with Crippen LogP contribution in [0.5, 0.6) is 0 Å². The summed E-state index contributed by atoms with van der Waals surface area (Å²) in [5, 5.41) is 18.1. The molecule has 10 heteroatoms. The first-order valence-corrected chi connectivity index (χ1v) is 14.0. The molecule has 3 saturated heterocycles. The Morgan fingerprint density at radius 3 is 2.39 bits per heavy atom. The number of nitrogens with zero attached hydrogens (tertiary/aromatic N) is 9. The smallest absolute Gasteiger partial charge is 0.227 e. The van der Waals surface area contributed by atoms with Gasteiger partial charge in [-0.15, -0.1) is 10.2 Å². The number of aryl methyl sites for hydroxylation is 2. The fraction of sp³-hybridized carbons (Fsp3) is 0.769. The largest absolute Gasteiger partial charge is 0.396 e. The van der Waals surface area contributed by atoms with Crippen molar-refractivity contribution in [3.63, 3.8) is 0 Å². The second kappa shape index (κ2) is 9.22. The van der Waals surface area contributed by atoms with Crippen LogP contribution in [-0.4, -0.2) is 104 Å². The standard InChI is InChI=1S/C26H39N9O/c1-18-29-30-24-16-32(10-11-35(18)24)21-12-33(13-21)25-22-4-2-3-5-23(22)27-26(28-25)34-14-20(15-34)31-8-6-19(17-36)7-9-31/h19-21,36H,2-17H2,1H3. The average molecular weight is 494 g/mol. The predicted molar refractivity (Wildman–Crippen MR) is 137 cm³/mol. The maximum atomic E-state index is 9.44. The fourth-order valence-corrected chi connectivity index (χ4v) is 6.81. The second-order valence-corrected chi connectivity index (χ2v) is 11.5. The van der Waals surface area contributed by atoms with Gasteiger partial charge in [-0.25, -0.2) is 4.98 Å². The van der Waals surface area contributed by atoms with E-state index in [1.54, 1.807) is 0 Å². The average Bonchev–Trinajstić information content (AvgIpc) is 3.22. The summed E-state index contributed by atoms with van der Waals surface area (Å²) in [5.41, 5.74) is 2.69. The summed E-state index contributed by atoms with van der Waals surface area (Å²) in [4.78, 5) is 20.4. The molecule has 7 rings (SSSR count). The summed E-state index contributed by atoms with van der Waals surface area (Å²) in [5.74, 6) is 4.78. The molecule has 0 unspecified atom stereocenters. The van der Waals surface area contributed by atoms with Crippen molar-refractivity contribution in [2.45, 2.75) is 70.6 Å². The quantitative estimate of drug-likeness (QED) is 0.651. The van der Waals surface area contributed by atoms with E-state index in [4.69, 9.17) is 9.97 Å². The Balaban J connectivity index is 1.02.